The van der Waals surface area contributed by atoms with Gasteiger partial charge in [0.05, 0.1) is 0 Å². The highest BCUT2D eigenvalue weighted by atomic mass is 79.9. The van der Waals surface area contributed by atoms with Crippen LogP contribution in [0.15, 0.2) is 271 Å². The van der Waals surface area contributed by atoms with E-state index < -0.39 is 0 Å². The summed E-state index contributed by atoms with van der Waals surface area (Å²) in [6.45, 7) is 9.37. The molecule has 2 nitrogen and oxygen atoms in total. The number of hydrogen-bond donors (Lipinski definition) is 1. The topological polar surface area (TPSA) is 29.5 Å². The van der Waals surface area contributed by atoms with Gasteiger partial charge in [0.1, 0.15) is 5.75 Å². The Bertz CT molecular complexity index is 4720. The lowest BCUT2D eigenvalue weighted by atomic mass is 9.81. The molecule has 82 heavy (non-hydrogen) atoms. The zero-order valence-electron chi connectivity index (χ0n) is 46.2. The van der Waals surface area contributed by atoms with E-state index >= 15 is 0 Å². The van der Waals surface area contributed by atoms with Crippen LogP contribution in [-0.2, 0) is 10.8 Å². The molecule has 16 rings (SSSR count). The first kappa shape index (κ1) is 51.1. The summed E-state index contributed by atoms with van der Waals surface area (Å²) in [5.74, 6) is 0.679. The lowest BCUT2D eigenvalue weighted by molar-refractivity contribution is 0.459. The molecule has 0 atom stereocenters. The van der Waals surface area contributed by atoms with Crippen LogP contribution in [-0.4, -0.2) is 12.7 Å². The van der Waals surface area contributed by atoms with E-state index in [1.165, 1.54) is 121 Å². The van der Waals surface area contributed by atoms with Crippen molar-refractivity contribution in [1.29, 1.82) is 0 Å². The summed E-state index contributed by atoms with van der Waals surface area (Å²) >= 11 is 3.62. The second-order valence-electron chi connectivity index (χ2n) is 22.7. The van der Waals surface area contributed by atoms with Crippen LogP contribution >= 0.6 is 15.9 Å². The van der Waals surface area contributed by atoms with Gasteiger partial charge in [-0.05, 0) is 150 Å². The fraction of sp³-hybridized carbons (Fsp3) is 0.0769. The van der Waals surface area contributed by atoms with Crippen molar-refractivity contribution in [2.75, 3.05) is 0 Å². The molecule has 0 unspecified atom stereocenters. The van der Waals surface area contributed by atoms with E-state index in [2.05, 4.69) is 256 Å². The van der Waals surface area contributed by atoms with Crippen molar-refractivity contribution >= 4 is 88.2 Å². The molecule has 4 heteroatoms. The van der Waals surface area contributed by atoms with Gasteiger partial charge >= 0.3 is 7.69 Å². The van der Waals surface area contributed by atoms with Crippen LogP contribution in [0.5, 0.6) is 5.75 Å². The van der Waals surface area contributed by atoms with Gasteiger partial charge < -0.3 is 9.68 Å². The molecule has 0 amide bonds. The van der Waals surface area contributed by atoms with E-state index in [1.54, 1.807) is 0 Å². The van der Waals surface area contributed by atoms with E-state index in [1.807, 2.05) is 54.6 Å². The van der Waals surface area contributed by atoms with E-state index in [0.29, 0.717) is 5.75 Å². The quantitative estimate of drug-likeness (QED) is 0.137. The summed E-state index contributed by atoms with van der Waals surface area (Å²) in [7, 11) is 0.746. The van der Waals surface area contributed by atoms with Crippen molar-refractivity contribution in [2.24, 2.45) is 0 Å². The first-order valence-electron chi connectivity index (χ1n) is 28.2. The lowest BCUT2D eigenvalue weighted by Crippen LogP contribution is -2.14. The Balaban J connectivity index is 0.000000119. The third kappa shape index (κ3) is 8.34. The fourth-order valence-electron chi connectivity index (χ4n) is 13.7. The Kier molecular flexibility index (Phi) is 12.8. The summed E-state index contributed by atoms with van der Waals surface area (Å²) in [4.78, 5) is 0. The molecule has 2 aliphatic rings. The second-order valence-corrected chi connectivity index (χ2v) is 23.6. The fourth-order valence-corrected chi connectivity index (χ4v) is 14.1. The van der Waals surface area contributed by atoms with E-state index in [-0.39, 0.29) is 10.8 Å². The van der Waals surface area contributed by atoms with Crippen LogP contribution in [0, 0.1) is 0 Å². The Morgan fingerprint density at radius 2 is 0.634 bits per heavy atom. The standard InChI is InChI=1S/C39H28.C20H14BO2.C19H15Br/c1-39(2)34-22-21-27(24-33(34)38-28-15-7-6-12-25(28)20-23-35(38)39)37-31-18-10-8-16-29(31)36(26-13-4-3-5-14-26)30-17-9-11-19-32(30)37;22-21-23-20-17-12-6-4-10-15(17)19(14-8-2-1-3-9-14)16-11-5-7-13-18(16)20;1-19(2)16-10-8-13(20)11-15(16)18-14-6-4-3-5-12(14)7-9-17(18)19/h3-24H,1-2H3;1-13,22H;3-11H,1-2H3. The van der Waals surface area contributed by atoms with Crippen molar-refractivity contribution in [2.45, 2.75) is 38.5 Å². The average Bonchev–Trinajstić information content (AvgIpc) is 4.13. The minimum atomic E-state index is -0.0332. The Morgan fingerprint density at radius 1 is 0.305 bits per heavy atom. The predicted molar refractivity (Wildman–Crippen MR) is 352 cm³/mol. The first-order valence-corrected chi connectivity index (χ1v) is 29.0. The second kappa shape index (κ2) is 20.5. The predicted octanol–water partition coefficient (Wildman–Crippen LogP) is 21.3. The largest absolute Gasteiger partial charge is 0.569 e. The SMILES string of the molecule is CC1(C)c2ccc(-c3c4ccccc4c(-c4ccccc4)c4ccccc34)cc2-c2c1ccc1ccccc21.CC1(C)c2ccc(Br)cc2-c2c1ccc1ccccc21.O[B]Oc1c2ccccc2c(-c2ccccc2)c2ccccc12. The smallest absolute Gasteiger partial charge is 0.537 e. The van der Waals surface area contributed by atoms with Crippen LogP contribution < -0.4 is 4.65 Å². The van der Waals surface area contributed by atoms with Crippen molar-refractivity contribution in [3.05, 3.63) is 294 Å². The first-order chi connectivity index (χ1) is 40.1. The highest BCUT2D eigenvalue weighted by Crippen LogP contribution is 2.55. The Hall–Kier alpha value is -9.06. The Labute approximate surface area is 488 Å². The van der Waals surface area contributed by atoms with Crippen LogP contribution in [0.2, 0.25) is 0 Å². The van der Waals surface area contributed by atoms with Crippen molar-refractivity contribution < 1.29 is 9.68 Å². The zero-order chi connectivity index (χ0) is 55.7. The summed E-state index contributed by atoms with van der Waals surface area (Å²) in [6.07, 6.45) is 0. The Morgan fingerprint density at radius 3 is 1.06 bits per heavy atom. The molecule has 0 saturated carbocycles. The third-order valence-corrected chi connectivity index (χ3v) is 18.0. The van der Waals surface area contributed by atoms with Crippen molar-refractivity contribution in [1.82, 2.24) is 0 Å². The van der Waals surface area contributed by atoms with E-state index in [0.717, 1.165) is 33.7 Å². The van der Waals surface area contributed by atoms with Crippen LogP contribution in [0.25, 0.3) is 120 Å². The van der Waals surface area contributed by atoms with Gasteiger partial charge in [-0.1, -0.05) is 292 Å². The normalized spacial score (nSPS) is 13.2. The number of rotatable bonds is 5. The third-order valence-electron chi connectivity index (χ3n) is 17.5. The number of halogens is 1. The van der Waals surface area contributed by atoms with E-state index in [9.17, 15) is 5.02 Å². The minimum absolute atomic E-state index is 0.0332. The highest BCUT2D eigenvalue weighted by molar-refractivity contribution is 9.10. The molecule has 391 valence electrons. The van der Waals surface area contributed by atoms with Crippen molar-refractivity contribution in [3.8, 4) is 61.4 Å². The van der Waals surface area contributed by atoms with Crippen LogP contribution in [0.4, 0.5) is 0 Å². The van der Waals surface area contributed by atoms with Gasteiger partial charge in [0.25, 0.3) is 0 Å². The van der Waals surface area contributed by atoms with Crippen molar-refractivity contribution in [3.63, 3.8) is 0 Å². The van der Waals surface area contributed by atoms with Crippen LogP contribution in [0.3, 0.4) is 0 Å². The zero-order valence-corrected chi connectivity index (χ0v) is 47.8. The molecule has 0 bridgehead atoms. The highest BCUT2D eigenvalue weighted by Gasteiger charge is 2.38. The molecule has 0 heterocycles. The molecular weight excluding hydrogens is 1060 g/mol. The average molecular weight is 1120 g/mol. The molecule has 0 saturated heterocycles. The number of hydrogen-bond acceptors (Lipinski definition) is 2. The van der Waals surface area contributed by atoms with Gasteiger partial charge in [0.2, 0.25) is 0 Å². The molecule has 0 aromatic heterocycles. The van der Waals surface area contributed by atoms with Gasteiger partial charge in [0.15, 0.2) is 0 Å². The van der Waals surface area contributed by atoms with Gasteiger partial charge in [0, 0.05) is 26.1 Å². The number of benzene rings is 14. The van der Waals surface area contributed by atoms with Crippen LogP contribution in [0.1, 0.15) is 49.9 Å². The molecule has 1 N–H and O–H groups in total. The molecule has 0 aliphatic heterocycles. The molecular formula is C78H57BBrO2. The molecule has 14 aromatic carbocycles. The number of fused-ring (bicyclic) bond motifs is 14. The molecule has 2 aliphatic carbocycles. The maximum atomic E-state index is 9.18. The maximum absolute atomic E-state index is 9.18. The van der Waals surface area contributed by atoms with Gasteiger partial charge in [-0.2, -0.15) is 0 Å². The van der Waals surface area contributed by atoms with Gasteiger partial charge in [-0.15, -0.1) is 0 Å². The molecule has 14 aromatic rings. The monoisotopic (exact) mass is 1120 g/mol. The summed E-state index contributed by atoms with van der Waals surface area (Å²) in [5, 5.41) is 23.8. The van der Waals surface area contributed by atoms with E-state index in [4.69, 9.17) is 4.65 Å². The molecule has 1 radical (unpaired) electrons. The lowest BCUT2D eigenvalue weighted by Gasteiger charge is -2.22. The summed E-state index contributed by atoms with van der Waals surface area (Å²) < 4.78 is 6.60. The molecule has 0 fully saturated rings. The summed E-state index contributed by atoms with van der Waals surface area (Å²) in [6, 6.07) is 95.8. The minimum Gasteiger partial charge on any atom is -0.537 e. The summed E-state index contributed by atoms with van der Waals surface area (Å²) in [5.41, 5.74) is 18.8. The van der Waals surface area contributed by atoms with Gasteiger partial charge in [-0.3, -0.25) is 0 Å². The van der Waals surface area contributed by atoms with Gasteiger partial charge in [-0.25, -0.2) is 0 Å². The maximum Gasteiger partial charge on any atom is 0.569 e. The molecule has 0 spiro atoms.